The van der Waals surface area contributed by atoms with Crippen LogP contribution in [-0.4, -0.2) is 43.7 Å². The third kappa shape index (κ3) is 8.64. The lowest BCUT2D eigenvalue weighted by Crippen LogP contribution is -2.39. The van der Waals surface area contributed by atoms with Gasteiger partial charge in [0, 0.05) is 13.6 Å². The number of hydrogen-bond donors (Lipinski definition) is 2. The molecule has 0 radical (unpaired) electrons. The Balaban J connectivity index is 0.00000480. The molecule has 2 rings (SSSR count). The highest BCUT2D eigenvalue weighted by Gasteiger charge is 2.20. The molecular weight excluding hydrogens is 527 g/mol. The summed E-state index contributed by atoms with van der Waals surface area (Å²) in [6.45, 7) is 9.52. The molecule has 0 bridgehead atoms. The average molecular weight is 561 g/mol. The monoisotopic (exact) mass is 560 g/mol. The van der Waals surface area contributed by atoms with E-state index in [4.69, 9.17) is 9.47 Å². The van der Waals surface area contributed by atoms with Crippen LogP contribution in [0, 0.1) is 6.92 Å². The Labute approximate surface area is 206 Å². The zero-order chi connectivity index (χ0) is 21.9. The lowest BCUT2D eigenvalue weighted by molar-refractivity contribution is 0.0531. The molecule has 0 aliphatic heterocycles. The first-order valence-electron chi connectivity index (χ1n) is 10.3. The lowest BCUT2D eigenvalue weighted by Gasteiger charge is -2.16. The zero-order valence-corrected chi connectivity index (χ0v) is 22.0. The summed E-state index contributed by atoms with van der Waals surface area (Å²) >= 11 is 1.35. The maximum atomic E-state index is 12.0. The Morgan fingerprint density at radius 1 is 1.32 bits per heavy atom. The minimum absolute atomic E-state index is 0. The summed E-state index contributed by atoms with van der Waals surface area (Å²) < 4.78 is 10.8. The molecule has 0 fully saturated rings. The van der Waals surface area contributed by atoms with E-state index in [0.717, 1.165) is 36.8 Å². The number of benzene rings is 1. The van der Waals surface area contributed by atoms with E-state index in [9.17, 15) is 4.79 Å². The van der Waals surface area contributed by atoms with E-state index in [-0.39, 0.29) is 36.0 Å². The maximum absolute atomic E-state index is 12.0. The number of aliphatic imine (C=N–C) groups is 1. The Bertz CT molecular complexity index is 857. The molecule has 1 aromatic carbocycles. The highest BCUT2D eigenvalue weighted by molar-refractivity contribution is 14.0. The van der Waals surface area contributed by atoms with Gasteiger partial charge in [0.25, 0.3) is 0 Å². The summed E-state index contributed by atoms with van der Waals surface area (Å²) in [5.41, 5.74) is 1.89. The van der Waals surface area contributed by atoms with Crippen molar-refractivity contribution in [3.63, 3.8) is 0 Å². The molecule has 0 amide bonds. The van der Waals surface area contributed by atoms with Crippen LogP contribution in [0.5, 0.6) is 5.75 Å². The van der Waals surface area contributed by atoms with Crippen LogP contribution >= 0.6 is 35.3 Å². The van der Waals surface area contributed by atoms with Crippen molar-refractivity contribution in [3.8, 4) is 5.75 Å². The number of carbonyl (C=O) groups is 1. The van der Waals surface area contributed by atoms with Crippen LogP contribution in [0.4, 0.5) is 0 Å². The van der Waals surface area contributed by atoms with Gasteiger partial charge in [-0.2, -0.15) is 0 Å². The number of halogens is 1. The van der Waals surface area contributed by atoms with Crippen LogP contribution in [0.1, 0.15) is 59.2 Å². The van der Waals surface area contributed by atoms with E-state index in [0.29, 0.717) is 23.1 Å². The van der Waals surface area contributed by atoms with Gasteiger partial charge in [0.1, 0.15) is 15.6 Å². The second kappa shape index (κ2) is 14.2. The minimum Gasteiger partial charge on any atom is -0.494 e. The first-order chi connectivity index (χ1) is 14.5. The molecule has 0 aliphatic rings. The quantitative estimate of drug-likeness (QED) is 0.193. The van der Waals surface area contributed by atoms with Gasteiger partial charge in [0.15, 0.2) is 5.96 Å². The number of nitrogens with zero attached hydrogens (tertiary/aromatic N) is 2. The second-order valence-corrected chi connectivity index (χ2v) is 7.83. The van der Waals surface area contributed by atoms with Gasteiger partial charge in [-0.15, -0.1) is 35.3 Å². The van der Waals surface area contributed by atoms with E-state index >= 15 is 0 Å². The number of aromatic nitrogens is 1. The van der Waals surface area contributed by atoms with Gasteiger partial charge in [-0.3, -0.25) is 4.99 Å². The molecule has 1 unspecified atom stereocenters. The van der Waals surface area contributed by atoms with Crippen molar-refractivity contribution in [2.75, 3.05) is 26.8 Å². The van der Waals surface area contributed by atoms with Gasteiger partial charge < -0.3 is 20.1 Å². The molecule has 0 saturated carbocycles. The highest BCUT2D eigenvalue weighted by Crippen LogP contribution is 2.24. The van der Waals surface area contributed by atoms with Crippen LogP contribution in [-0.2, 0) is 11.2 Å². The summed E-state index contributed by atoms with van der Waals surface area (Å²) in [5.74, 6) is 1.27. The topological polar surface area (TPSA) is 84.8 Å². The molecule has 172 valence electrons. The zero-order valence-electron chi connectivity index (χ0n) is 18.9. The van der Waals surface area contributed by atoms with E-state index in [2.05, 4.69) is 39.7 Å². The van der Waals surface area contributed by atoms with Gasteiger partial charge in [-0.1, -0.05) is 19.1 Å². The molecule has 9 heteroatoms. The predicted octanol–water partition coefficient (Wildman–Crippen LogP) is 4.50. The fraction of sp³-hybridized carbons (Fsp3) is 0.500. The van der Waals surface area contributed by atoms with Crippen molar-refractivity contribution < 1.29 is 14.3 Å². The number of rotatable bonds is 10. The van der Waals surface area contributed by atoms with Crippen molar-refractivity contribution in [1.82, 2.24) is 15.6 Å². The van der Waals surface area contributed by atoms with Crippen LogP contribution in [0.3, 0.4) is 0 Å². The number of esters is 1. The summed E-state index contributed by atoms with van der Waals surface area (Å²) in [6, 6.07) is 8.07. The van der Waals surface area contributed by atoms with E-state index in [1.54, 1.807) is 14.0 Å². The Morgan fingerprint density at radius 3 is 2.77 bits per heavy atom. The number of hydrogen-bond acceptors (Lipinski definition) is 6. The van der Waals surface area contributed by atoms with Crippen LogP contribution in [0.2, 0.25) is 0 Å². The Morgan fingerprint density at radius 2 is 2.10 bits per heavy atom. The summed E-state index contributed by atoms with van der Waals surface area (Å²) in [7, 11) is 1.73. The smallest absolute Gasteiger partial charge is 0.350 e. The summed E-state index contributed by atoms with van der Waals surface area (Å²) in [4.78, 5) is 21.4. The predicted molar refractivity (Wildman–Crippen MR) is 137 cm³/mol. The number of aryl methyl sites for hydroxylation is 1. The number of thiazole rings is 1. The van der Waals surface area contributed by atoms with Crippen molar-refractivity contribution in [1.29, 1.82) is 0 Å². The molecule has 31 heavy (non-hydrogen) atoms. The van der Waals surface area contributed by atoms with E-state index in [1.807, 2.05) is 26.0 Å². The van der Waals surface area contributed by atoms with Gasteiger partial charge in [-0.25, -0.2) is 9.78 Å². The van der Waals surface area contributed by atoms with Gasteiger partial charge in [-0.05, 0) is 51.3 Å². The van der Waals surface area contributed by atoms with Crippen molar-refractivity contribution in [2.45, 2.75) is 46.6 Å². The third-order valence-corrected chi connectivity index (χ3v) is 5.62. The molecule has 1 atom stereocenters. The number of ether oxygens (including phenoxy) is 2. The number of guanidine groups is 1. The summed E-state index contributed by atoms with van der Waals surface area (Å²) in [6.07, 6.45) is 1.84. The van der Waals surface area contributed by atoms with E-state index in [1.165, 1.54) is 16.9 Å². The maximum Gasteiger partial charge on any atom is 0.350 e. The SMILES string of the molecule is CCCOc1cccc(CCNC(=NC)NC(C)c2nc(C)c(C(=O)OCC)s2)c1.I. The van der Waals surface area contributed by atoms with Crippen molar-refractivity contribution in [2.24, 2.45) is 4.99 Å². The largest absolute Gasteiger partial charge is 0.494 e. The standard InChI is InChI=1S/C22H32N4O3S.HI/c1-6-13-29-18-10-8-9-17(14-18)11-12-24-22(23-5)26-16(4)20-25-15(3)19(30-20)21(27)28-7-2;/h8-10,14,16H,6-7,11-13H2,1-5H3,(H2,23,24,26);1H. The third-order valence-electron chi connectivity index (χ3n) is 4.30. The normalized spacial score (nSPS) is 12.0. The van der Waals surface area contributed by atoms with Crippen molar-refractivity contribution >= 4 is 47.2 Å². The Kier molecular flexibility index (Phi) is 12.5. The first kappa shape index (κ1) is 27.2. The molecule has 7 nitrogen and oxygen atoms in total. The molecule has 0 spiro atoms. The van der Waals surface area contributed by atoms with Crippen LogP contribution in [0.15, 0.2) is 29.3 Å². The highest BCUT2D eigenvalue weighted by atomic mass is 127. The minimum atomic E-state index is -0.321. The molecule has 1 aromatic heterocycles. The molecule has 2 N–H and O–H groups in total. The number of carbonyl (C=O) groups excluding carboxylic acids is 1. The van der Waals surface area contributed by atoms with Crippen molar-refractivity contribution in [3.05, 3.63) is 45.4 Å². The van der Waals surface area contributed by atoms with Gasteiger partial charge in [0.2, 0.25) is 0 Å². The summed E-state index contributed by atoms with van der Waals surface area (Å²) in [5, 5.41) is 7.48. The van der Waals surface area contributed by atoms with Gasteiger partial charge in [0.05, 0.1) is 24.9 Å². The molecule has 2 aromatic rings. The fourth-order valence-electron chi connectivity index (χ4n) is 2.79. The van der Waals surface area contributed by atoms with Crippen LogP contribution < -0.4 is 15.4 Å². The molecule has 0 aliphatic carbocycles. The fourth-order valence-corrected chi connectivity index (χ4v) is 3.75. The molecule has 0 saturated heterocycles. The van der Waals surface area contributed by atoms with Gasteiger partial charge >= 0.3 is 5.97 Å². The Hall–Kier alpha value is -1.88. The number of nitrogens with one attached hydrogen (secondary N) is 2. The van der Waals surface area contributed by atoms with E-state index < -0.39 is 0 Å². The average Bonchev–Trinajstić information content (AvgIpc) is 3.14. The van der Waals surface area contributed by atoms with Crippen LogP contribution in [0.25, 0.3) is 0 Å². The second-order valence-electron chi connectivity index (χ2n) is 6.80. The molecular formula is C22H33IN4O3S. The molecule has 1 heterocycles. The lowest BCUT2D eigenvalue weighted by atomic mass is 10.1. The first-order valence-corrected chi connectivity index (χ1v) is 11.1.